The van der Waals surface area contributed by atoms with Gasteiger partial charge in [0.05, 0.1) is 6.54 Å². The Labute approximate surface area is 113 Å². The van der Waals surface area contributed by atoms with Crippen LogP contribution in [0.2, 0.25) is 0 Å². The molecule has 0 bridgehead atoms. The van der Waals surface area contributed by atoms with E-state index in [-0.39, 0.29) is 30.9 Å². The van der Waals surface area contributed by atoms with Crippen LogP contribution in [0, 0.1) is 5.92 Å². The van der Waals surface area contributed by atoms with Crippen LogP contribution in [0.15, 0.2) is 12.2 Å². The van der Waals surface area contributed by atoms with Gasteiger partial charge in [-0.05, 0) is 12.8 Å². The third kappa shape index (κ3) is 7.96. The Hall–Kier alpha value is -1.85. The summed E-state index contributed by atoms with van der Waals surface area (Å²) in [4.78, 5) is 34.1. The van der Waals surface area contributed by atoms with Crippen LogP contribution in [-0.2, 0) is 19.1 Å². The third-order valence-corrected chi connectivity index (χ3v) is 2.07. The van der Waals surface area contributed by atoms with E-state index in [9.17, 15) is 14.4 Å². The number of esters is 1. The van der Waals surface area contributed by atoms with Crippen molar-refractivity contribution in [3.63, 3.8) is 0 Å². The van der Waals surface area contributed by atoms with E-state index in [0.717, 1.165) is 0 Å². The minimum Gasteiger partial charge on any atom is -0.460 e. The lowest BCUT2D eigenvalue weighted by Gasteiger charge is -2.23. The molecule has 0 unspecified atom stereocenters. The van der Waals surface area contributed by atoms with Gasteiger partial charge in [-0.15, -0.1) is 0 Å². The SMILES string of the molecule is C=C(C)C(=O)OCCN(NC(C)=O)C(=O)CC(C)C. The Morgan fingerprint density at radius 2 is 1.84 bits per heavy atom. The van der Waals surface area contributed by atoms with Crippen molar-refractivity contribution in [1.29, 1.82) is 0 Å². The molecule has 6 nitrogen and oxygen atoms in total. The Kier molecular flexibility index (Phi) is 7.48. The predicted molar refractivity (Wildman–Crippen MR) is 70.8 cm³/mol. The van der Waals surface area contributed by atoms with E-state index in [1.165, 1.54) is 18.9 Å². The monoisotopic (exact) mass is 270 g/mol. The second kappa shape index (κ2) is 8.29. The molecule has 6 heteroatoms. The van der Waals surface area contributed by atoms with Crippen molar-refractivity contribution in [2.75, 3.05) is 13.2 Å². The number of carbonyl (C=O) groups is 3. The first-order valence-electron chi connectivity index (χ1n) is 6.14. The normalized spacial score (nSPS) is 9.95. The molecule has 0 aliphatic carbocycles. The molecule has 2 amide bonds. The van der Waals surface area contributed by atoms with E-state index in [0.29, 0.717) is 12.0 Å². The van der Waals surface area contributed by atoms with Crippen LogP contribution in [0.3, 0.4) is 0 Å². The summed E-state index contributed by atoms with van der Waals surface area (Å²) in [7, 11) is 0. The average Bonchev–Trinajstić information content (AvgIpc) is 2.25. The lowest BCUT2D eigenvalue weighted by Crippen LogP contribution is -2.47. The molecule has 0 aromatic carbocycles. The molecule has 0 aromatic rings. The van der Waals surface area contributed by atoms with Crippen molar-refractivity contribution in [1.82, 2.24) is 10.4 Å². The molecule has 0 heterocycles. The molecule has 0 aliphatic rings. The highest BCUT2D eigenvalue weighted by atomic mass is 16.5. The molecule has 0 rings (SSSR count). The molecule has 0 radical (unpaired) electrons. The van der Waals surface area contributed by atoms with Crippen LogP contribution in [-0.4, -0.2) is 35.9 Å². The largest absolute Gasteiger partial charge is 0.460 e. The highest BCUT2D eigenvalue weighted by molar-refractivity contribution is 5.87. The fourth-order valence-electron chi connectivity index (χ4n) is 1.25. The van der Waals surface area contributed by atoms with Crippen LogP contribution in [0.1, 0.15) is 34.1 Å². The first-order valence-corrected chi connectivity index (χ1v) is 6.14. The fraction of sp³-hybridized carbons (Fsp3) is 0.615. The number of ether oxygens (including phenoxy) is 1. The molecule has 0 saturated heterocycles. The van der Waals surface area contributed by atoms with E-state index in [1.54, 1.807) is 0 Å². The van der Waals surface area contributed by atoms with E-state index < -0.39 is 5.97 Å². The topological polar surface area (TPSA) is 75.7 Å². The molecule has 0 spiro atoms. The standard InChI is InChI=1S/C13H22N2O4/c1-9(2)8-12(17)15(14-11(5)16)6-7-19-13(18)10(3)4/h9H,3,6-8H2,1-2,4-5H3,(H,14,16). The van der Waals surface area contributed by atoms with E-state index >= 15 is 0 Å². The zero-order chi connectivity index (χ0) is 15.0. The fourth-order valence-corrected chi connectivity index (χ4v) is 1.25. The maximum atomic E-state index is 11.9. The summed E-state index contributed by atoms with van der Waals surface area (Å²) in [5, 5.41) is 1.17. The minimum atomic E-state index is -0.515. The summed E-state index contributed by atoms with van der Waals surface area (Å²) in [6.07, 6.45) is 0.314. The van der Waals surface area contributed by atoms with Crippen LogP contribution in [0.25, 0.3) is 0 Å². The number of nitrogens with one attached hydrogen (secondary N) is 1. The number of hydrazine groups is 1. The molecular weight excluding hydrogens is 248 g/mol. The average molecular weight is 270 g/mol. The second-order valence-electron chi connectivity index (χ2n) is 4.73. The van der Waals surface area contributed by atoms with Gasteiger partial charge in [0.25, 0.3) is 0 Å². The zero-order valence-corrected chi connectivity index (χ0v) is 12.0. The van der Waals surface area contributed by atoms with Crippen molar-refractivity contribution in [3.05, 3.63) is 12.2 Å². The van der Waals surface area contributed by atoms with Crippen LogP contribution in [0.5, 0.6) is 0 Å². The molecule has 0 atom stereocenters. The highest BCUT2D eigenvalue weighted by Gasteiger charge is 2.16. The molecule has 0 fully saturated rings. The van der Waals surface area contributed by atoms with E-state index in [4.69, 9.17) is 4.74 Å². The van der Waals surface area contributed by atoms with Gasteiger partial charge in [0.1, 0.15) is 6.61 Å². The number of rotatable bonds is 6. The second-order valence-corrected chi connectivity index (χ2v) is 4.73. The Morgan fingerprint density at radius 1 is 1.26 bits per heavy atom. The first kappa shape index (κ1) is 17.2. The van der Waals surface area contributed by atoms with Gasteiger partial charge < -0.3 is 4.74 Å². The van der Waals surface area contributed by atoms with Crippen molar-refractivity contribution < 1.29 is 19.1 Å². The lowest BCUT2D eigenvalue weighted by atomic mass is 10.1. The number of carbonyl (C=O) groups excluding carboxylic acids is 3. The summed E-state index contributed by atoms with van der Waals surface area (Å²) >= 11 is 0. The van der Waals surface area contributed by atoms with Gasteiger partial charge in [0.15, 0.2) is 0 Å². The van der Waals surface area contributed by atoms with Gasteiger partial charge >= 0.3 is 5.97 Å². The number of nitrogens with zero attached hydrogens (tertiary/aromatic N) is 1. The molecule has 0 aromatic heterocycles. The van der Waals surface area contributed by atoms with Crippen molar-refractivity contribution in [3.8, 4) is 0 Å². The lowest BCUT2D eigenvalue weighted by molar-refractivity contribution is -0.146. The van der Waals surface area contributed by atoms with Gasteiger partial charge in [-0.2, -0.15) is 0 Å². The summed E-state index contributed by atoms with van der Waals surface area (Å²) in [5.74, 6) is -0.888. The zero-order valence-electron chi connectivity index (χ0n) is 12.0. The van der Waals surface area contributed by atoms with Gasteiger partial charge in [0, 0.05) is 18.9 Å². The minimum absolute atomic E-state index is 0.00973. The van der Waals surface area contributed by atoms with E-state index in [1.807, 2.05) is 13.8 Å². The smallest absolute Gasteiger partial charge is 0.333 e. The molecule has 0 aliphatic heterocycles. The van der Waals surface area contributed by atoms with Crippen molar-refractivity contribution in [2.24, 2.45) is 5.92 Å². The summed E-state index contributed by atoms with van der Waals surface area (Å²) < 4.78 is 4.89. The maximum absolute atomic E-state index is 11.9. The number of amides is 2. The molecular formula is C13H22N2O4. The van der Waals surface area contributed by atoms with Crippen LogP contribution < -0.4 is 5.43 Å². The van der Waals surface area contributed by atoms with Gasteiger partial charge in [-0.3, -0.25) is 20.0 Å². The Bertz CT molecular complexity index is 364. The predicted octanol–water partition coefficient (Wildman–Crippen LogP) is 1.03. The summed E-state index contributed by atoms with van der Waals surface area (Å²) in [6.45, 7) is 10.2. The van der Waals surface area contributed by atoms with Gasteiger partial charge in [-0.25, -0.2) is 4.79 Å². The van der Waals surface area contributed by atoms with Crippen LogP contribution in [0.4, 0.5) is 0 Å². The quantitative estimate of drug-likeness (QED) is 0.444. The highest BCUT2D eigenvalue weighted by Crippen LogP contribution is 2.03. The summed E-state index contributed by atoms with van der Waals surface area (Å²) in [6, 6.07) is 0. The molecule has 1 N–H and O–H groups in total. The maximum Gasteiger partial charge on any atom is 0.333 e. The Balaban J connectivity index is 4.35. The molecule has 0 saturated carbocycles. The molecule has 108 valence electrons. The number of hydrogen-bond acceptors (Lipinski definition) is 4. The summed E-state index contributed by atoms with van der Waals surface area (Å²) in [5.41, 5.74) is 2.71. The van der Waals surface area contributed by atoms with E-state index in [2.05, 4.69) is 12.0 Å². The van der Waals surface area contributed by atoms with Crippen molar-refractivity contribution >= 4 is 17.8 Å². The first-order chi connectivity index (χ1) is 8.73. The Morgan fingerprint density at radius 3 is 2.26 bits per heavy atom. The van der Waals surface area contributed by atoms with Crippen LogP contribution >= 0.6 is 0 Å². The van der Waals surface area contributed by atoms with Crippen molar-refractivity contribution in [2.45, 2.75) is 34.1 Å². The van der Waals surface area contributed by atoms with Gasteiger partial charge in [-0.1, -0.05) is 20.4 Å². The van der Waals surface area contributed by atoms with Gasteiger partial charge in [0.2, 0.25) is 11.8 Å². The third-order valence-electron chi connectivity index (χ3n) is 2.07. The molecule has 19 heavy (non-hydrogen) atoms. The number of hydrogen-bond donors (Lipinski definition) is 1.